The standard InChI is InChI=1S/C28H48.C2H2/c1-19(2)8-7-9-21(4)24-12-13-25-23-11-10-22-18-20(3)14-16-27(22,5)26(23)15-17-28(24,25)6;1-2/h10,19-21,23-26H,7-9,11-18H2,1-6H3;1-2H. The van der Waals surface area contributed by atoms with Gasteiger partial charge in [-0.05, 0) is 104 Å². The van der Waals surface area contributed by atoms with Crippen molar-refractivity contribution in [3.05, 3.63) is 11.6 Å². The Morgan fingerprint density at radius 2 is 1.70 bits per heavy atom. The van der Waals surface area contributed by atoms with E-state index in [0.717, 1.165) is 41.4 Å². The number of rotatable bonds is 5. The van der Waals surface area contributed by atoms with E-state index in [1.165, 1.54) is 70.6 Å². The van der Waals surface area contributed by atoms with Crippen LogP contribution in [0.15, 0.2) is 11.6 Å². The van der Waals surface area contributed by atoms with Gasteiger partial charge in [-0.2, -0.15) is 0 Å². The molecular weight excluding hydrogens is 360 g/mol. The maximum Gasteiger partial charge on any atom is -0.00851 e. The molecule has 3 fully saturated rings. The quantitative estimate of drug-likeness (QED) is 0.313. The zero-order chi connectivity index (χ0) is 22.1. The van der Waals surface area contributed by atoms with Gasteiger partial charge in [0.2, 0.25) is 0 Å². The zero-order valence-corrected chi connectivity index (χ0v) is 21.1. The van der Waals surface area contributed by atoms with Gasteiger partial charge in [0.1, 0.15) is 0 Å². The number of hydrogen-bond acceptors (Lipinski definition) is 0. The Labute approximate surface area is 189 Å². The summed E-state index contributed by atoms with van der Waals surface area (Å²) >= 11 is 0. The Bertz CT molecular complexity index is 623. The molecule has 0 aliphatic heterocycles. The highest BCUT2D eigenvalue weighted by atomic mass is 14.6. The molecule has 0 spiro atoms. The molecule has 4 aliphatic rings. The first-order valence-electron chi connectivity index (χ1n) is 13.3. The molecule has 3 saturated carbocycles. The fourth-order valence-corrected chi connectivity index (χ4v) is 8.87. The molecule has 8 unspecified atom stereocenters. The lowest BCUT2D eigenvalue weighted by molar-refractivity contribution is -0.0523. The van der Waals surface area contributed by atoms with Crippen molar-refractivity contribution in [3.63, 3.8) is 0 Å². The van der Waals surface area contributed by atoms with E-state index in [4.69, 9.17) is 0 Å². The average molecular weight is 411 g/mol. The molecule has 0 aromatic heterocycles. The summed E-state index contributed by atoms with van der Waals surface area (Å²) in [5, 5.41) is 0. The number of fused-ring (bicyclic) bond motifs is 5. The Morgan fingerprint density at radius 1 is 0.967 bits per heavy atom. The molecule has 0 radical (unpaired) electrons. The SMILES string of the molecule is C#C.CC(C)CCCC(C)C1CCC2C3CC=C4CC(C)CCC4(C)C3CCC12C. The van der Waals surface area contributed by atoms with E-state index in [-0.39, 0.29) is 0 Å². The van der Waals surface area contributed by atoms with Crippen LogP contribution in [0, 0.1) is 65.1 Å². The van der Waals surface area contributed by atoms with Gasteiger partial charge in [0.15, 0.2) is 0 Å². The largest absolute Gasteiger partial charge is 0.124 e. The predicted octanol–water partition coefficient (Wildman–Crippen LogP) is 8.91. The van der Waals surface area contributed by atoms with E-state index in [9.17, 15) is 0 Å². The van der Waals surface area contributed by atoms with Crippen LogP contribution in [-0.4, -0.2) is 0 Å². The molecule has 0 bridgehead atoms. The van der Waals surface area contributed by atoms with Crippen molar-refractivity contribution < 1.29 is 0 Å². The van der Waals surface area contributed by atoms with E-state index in [1.807, 2.05) is 5.57 Å². The number of allylic oxidation sites excluding steroid dienone is 2. The third-order valence-corrected chi connectivity index (χ3v) is 10.6. The summed E-state index contributed by atoms with van der Waals surface area (Å²) in [5.74, 6) is 6.73. The molecule has 0 amide bonds. The van der Waals surface area contributed by atoms with Crippen LogP contribution < -0.4 is 0 Å². The minimum atomic E-state index is 0.553. The van der Waals surface area contributed by atoms with Crippen molar-refractivity contribution in [3.8, 4) is 12.8 Å². The monoisotopic (exact) mass is 410 g/mol. The van der Waals surface area contributed by atoms with Gasteiger partial charge in [-0.3, -0.25) is 0 Å². The van der Waals surface area contributed by atoms with E-state index in [1.54, 1.807) is 0 Å². The van der Waals surface area contributed by atoms with Gasteiger partial charge in [-0.15, -0.1) is 12.8 Å². The first-order valence-corrected chi connectivity index (χ1v) is 13.3. The highest BCUT2D eigenvalue weighted by Crippen LogP contribution is 2.67. The van der Waals surface area contributed by atoms with Gasteiger partial charge in [-0.25, -0.2) is 0 Å². The van der Waals surface area contributed by atoms with Crippen molar-refractivity contribution in [2.75, 3.05) is 0 Å². The Hall–Kier alpha value is -0.700. The van der Waals surface area contributed by atoms with Gasteiger partial charge in [0, 0.05) is 0 Å². The summed E-state index contributed by atoms with van der Waals surface area (Å²) in [7, 11) is 0. The molecule has 0 aromatic carbocycles. The maximum absolute atomic E-state index is 4.00. The molecule has 0 saturated heterocycles. The van der Waals surface area contributed by atoms with Gasteiger partial charge in [0.05, 0.1) is 0 Å². The lowest BCUT2D eigenvalue weighted by Gasteiger charge is -2.58. The Kier molecular flexibility index (Phi) is 7.53. The molecule has 170 valence electrons. The fraction of sp³-hybridized carbons (Fsp3) is 0.867. The first kappa shape index (κ1) is 24.0. The minimum Gasteiger partial charge on any atom is -0.124 e. The van der Waals surface area contributed by atoms with Crippen molar-refractivity contribution in [2.45, 2.75) is 112 Å². The van der Waals surface area contributed by atoms with Gasteiger partial charge in [0.25, 0.3) is 0 Å². The molecule has 30 heavy (non-hydrogen) atoms. The van der Waals surface area contributed by atoms with Crippen LogP contribution in [0.1, 0.15) is 112 Å². The summed E-state index contributed by atoms with van der Waals surface area (Å²) in [6.45, 7) is 15.3. The van der Waals surface area contributed by atoms with Gasteiger partial charge >= 0.3 is 0 Å². The molecule has 0 nitrogen and oxygen atoms in total. The number of terminal acetylenes is 1. The maximum atomic E-state index is 4.00. The van der Waals surface area contributed by atoms with Crippen LogP contribution >= 0.6 is 0 Å². The van der Waals surface area contributed by atoms with Crippen molar-refractivity contribution in [1.82, 2.24) is 0 Å². The van der Waals surface area contributed by atoms with E-state index in [0.29, 0.717) is 10.8 Å². The molecule has 0 heteroatoms. The molecule has 0 N–H and O–H groups in total. The highest BCUT2D eigenvalue weighted by Gasteiger charge is 2.58. The zero-order valence-electron chi connectivity index (χ0n) is 21.1. The molecule has 0 heterocycles. The van der Waals surface area contributed by atoms with Gasteiger partial charge < -0.3 is 0 Å². The van der Waals surface area contributed by atoms with Gasteiger partial charge in [-0.1, -0.05) is 72.5 Å². The van der Waals surface area contributed by atoms with E-state index in [2.05, 4.69) is 60.5 Å². The smallest absolute Gasteiger partial charge is 0.00851 e. The summed E-state index contributed by atoms with van der Waals surface area (Å²) in [5.41, 5.74) is 3.06. The minimum absolute atomic E-state index is 0.553. The summed E-state index contributed by atoms with van der Waals surface area (Å²) in [6, 6.07) is 0. The second-order valence-electron chi connectivity index (χ2n) is 12.6. The highest BCUT2D eigenvalue weighted by molar-refractivity contribution is 5.25. The predicted molar refractivity (Wildman–Crippen MR) is 132 cm³/mol. The van der Waals surface area contributed by atoms with Crippen LogP contribution in [0.25, 0.3) is 0 Å². The molecule has 0 aromatic rings. The Balaban J connectivity index is 0.00000124. The summed E-state index contributed by atoms with van der Waals surface area (Å²) < 4.78 is 0. The normalized spacial score (nSPS) is 43.5. The lowest BCUT2D eigenvalue weighted by Crippen LogP contribution is -2.50. The topological polar surface area (TPSA) is 0 Å². The lowest BCUT2D eigenvalue weighted by atomic mass is 9.46. The molecule has 8 atom stereocenters. The third-order valence-electron chi connectivity index (χ3n) is 10.6. The van der Waals surface area contributed by atoms with Crippen molar-refractivity contribution >= 4 is 0 Å². The van der Waals surface area contributed by atoms with Crippen LogP contribution in [0.5, 0.6) is 0 Å². The van der Waals surface area contributed by atoms with Crippen molar-refractivity contribution in [1.29, 1.82) is 0 Å². The van der Waals surface area contributed by atoms with Crippen LogP contribution in [0.3, 0.4) is 0 Å². The third kappa shape index (κ3) is 4.17. The van der Waals surface area contributed by atoms with E-state index < -0.39 is 0 Å². The molecule has 4 aliphatic carbocycles. The van der Waals surface area contributed by atoms with Crippen LogP contribution in [0.2, 0.25) is 0 Å². The average Bonchev–Trinajstić information content (AvgIpc) is 3.07. The van der Waals surface area contributed by atoms with E-state index >= 15 is 0 Å². The summed E-state index contributed by atoms with van der Waals surface area (Å²) in [4.78, 5) is 0. The Morgan fingerprint density at radius 3 is 2.40 bits per heavy atom. The number of hydrogen-bond donors (Lipinski definition) is 0. The second kappa shape index (κ2) is 9.43. The summed E-state index contributed by atoms with van der Waals surface area (Å²) in [6.07, 6.45) is 27.0. The fourth-order valence-electron chi connectivity index (χ4n) is 8.87. The molecular formula is C30H50. The first-order chi connectivity index (χ1) is 14.3. The molecule has 4 rings (SSSR count). The van der Waals surface area contributed by atoms with Crippen molar-refractivity contribution in [2.24, 2.45) is 52.3 Å². The van der Waals surface area contributed by atoms with Crippen LogP contribution in [-0.2, 0) is 0 Å². The van der Waals surface area contributed by atoms with Crippen LogP contribution in [0.4, 0.5) is 0 Å². The second-order valence-corrected chi connectivity index (χ2v) is 12.6.